The molecule has 0 unspecified atom stereocenters. The molecule has 0 aliphatic rings. The molecule has 0 saturated heterocycles. The zero-order valence-corrected chi connectivity index (χ0v) is 16.7. The lowest BCUT2D eigenvalue weighted by atomic mass is 10.0. The number of carbonyl (C=O) groups excluding carboxylic acids is 1. The fourth-order valence-corrected chi connectivity index (χ4v) is 3.50. The minimum Gasteiger partial charge on any atom is -0.425 e. The molecule has 2 aromatic carbocycles. The van der Waals surface area contributed by atoms with Crippen LogP contribution in [-0.4, -0.2) is 21.1 Å². The summed E-state index contributed by atoms with van der Waals surface area (Å²) in [5, 5.41) is 12.3. The number of amides is 1. The number of para-hydroxylation sites is 1. The summed E-state index contributed by atoms with van der Waals surface area (Å²) >= 11 is 0. The molecule has 7 heteroatoms. The van der Waals surface area contributed by atoms with Gasteiger partial charge in [-0.15, -0.1) is 10.2 Å². The number of rotatable bonds is 8. The number of hydrogen-bond acceptors (Lipinski definition) is 4. The molecule has 0 bridgehead atoms. The molecular formula is C23H23FN4O2. The maximum Gasteiger partial charge on any atom is 0.221 e. The Bertz CT molecular complexity index is 1130. The first-order valence-electron chi connectivity index (χ1n) is 10.0. The van der Waals surface area contributed by atoms with Gasteiger partial charge in [-0.2, -0.15) is 0 Å². The van der Waals surface area contributed by atoms with Crippen LogP contribution in [-0.2, 0) is 17.6 Å². The Morgan fingerprint density at radius 1 is 1.13 bits per heavy atom. The Balaban J connectivity index is 1.32. The highest BCUT2D eigenvalue weighted by Gasteiger charge is 2.15. The van der Waals surface area contributed by atoms with Crippen molar-refractivity contribution in [2.75, 3.05) is 0 Å². The number of fused-ring (bicyclic) bond motifs is 1. The minimum atomic E-state index is -0.292. The van der Waals surface area contributed by atoms with E-state index in [4.69, 9.17) is 4.42 Å². The van der Waals surface area contributed by atoms with Gasteiger partial charge in [-0.1, -0.05) is 37.3 Å². The van der Waals surface area contributed by atoms with Crippen molar-refractivity contribution in [2.24, 2.45) is 0 Å². The summed E-state index contributed by atoms with van der Waals surface area (Å²) in [6, 6.07) is 14.1. The first-order valence-corrected chi connectivity index (χ1v) is 10.0. The largest absolute Gasteiger partial charge is 0.425 e. The summed E-state index contributed by atoms with van der Waals surface area (Å²) in [5.74, 6) is 0.560. The van der Waals surface area contributed by atoms with Crippen LogP contribution < -0.4 is 5.32 Å². The van der Waals surface area contributed by atoms with Gasteiger partial charge in [-0.05, 0) is 35.7 Å². The Labute approximate surface area is 173 Å². The number of aromatic nitrogens is 3. The number of H-pyrrole nitrogens is 1. The van der Waals surface area contributed by atoms with Crippen LogP contribution in [0, 0.1) is 5.82 Å². The lowest BCUT2D eigenvalue weighted by Gasteiger charge is -2.17. The quantitative estimate of drug-likeness (QED) is 0.452. The van der Waals surface area contributed by atoms with Crippen molar-refractivity contribution >= 4 is 16.8 Å². The number of halogens is 1. The smallest absolute Gasteiger partial charge is 0.221 e. The van der Waals surface area contributed by atoms with Crippen molar-refractivity contribution in [3.05, 3.63) is 83.5 Å². The average molecular weight is 406 g/mol. The predicted octanol–water partition coefficient (Wildman–Crippen LogP) is 4.48. The van der Waals surface area contributed by atoms with Crippen LogP contribution in [0.25, 0.3) is 10.9 Å². The van der Waals surface area contributed by atoms with Gasteiger partial charge in [0.05, 0.1) is 12.5 Å². The molecule has 0 fully saturated rings. The highest BCUT2D eigenvalue weighted by Crippen LogP contribution is 2.21. The van der Waals surface area contributed by atoms with Crippen LogP contribution in [0.4, 0.5) is 4.39 Å². The fourth-order valence-electron chi connectivity index (χ4n) is 3.50. The second-order valence-electron chi connectivity index (χ2n) is 7.21. The minimum absolute atomic E-state index is 0.109. The van der Waals surface area contributed by atoms with E-state index in [2.05, 4.69) is 20.5 Å². The third-order valence-corrected chi connectivity index (χ3v) is 5.11. The highest BCUT2D eigenvalue weighted by molar-refractivity contribution is 5.83. The second-order valence-corrected chi connectivity index (χ2v) is 7.21. The summed E-state index contributed by atoms with van der Waals surface area (Å²) in [6.45, 7) is 1.98. The maximum absolute atomic E-state index is 13.1. The number of nitrogens with one attached hydrogen (secondary N) is 2. The van der Waals surface area contributed by atoms with E-state index in [1.807, 2.05) is 37.4 Å². The molecule has 4 rings (SSSR count). The van der Waals surface area contributed by atoms with Gasteiger partial charge in [0.2, 0.25) is 17.7 Å². The molecule has 0 aliphatic heterocycles. The molecule has 2 heterocycles. The van der Waals surface area contributed by atoms with E-state index in [9.17, 15) is 9.18 Å². The maximum atomic E-state index is 13.1. The normalized spacial score (nSPS) is 12.2. The van der Waals surface area contributed by atoms with Crippen LogP contribution in [0.5, 0.6) is 0 Å². The first kappa shape index (κ1) is 19.8. The SMILES string of the molecule is CC[C@@H](NC(=O)CCc1nnc(Cc2c[nH]c3ccccc23)o1)c1ccc(F)cc1. The van der Waals surface area contributed by atoms with Gasteiger partial charge in [-0.25, -0.2) is 4.39 Å². The number of benzene rings is 2. The van der Waals surface area contributed by atoms with Crippen LogP contribution in [0.15, 0.2) is 59.1 Å². The standard InChI is InChI=1S/C23H23FN4O2/c1-2-19(15-7-9-17(24)10-8-15)26-21(29)11-12-22-27-28-23(30-22)13-16-14-25-20-6-4-3-5-18(16)20/h3-10,14,19,25H,2,11-13H2,1H3,(H,26,29)/t19-/m1/s1. The predicted molar refractivity (Wildman–Crippen MR) is 111 cm³/mol. The van der Waals surface area contributed by atoms with Crippen LogP contribution >= 0.6 is 0 Å². The zero-order valence-electron chi connectivity index (χ0n) is 16.7. The molecule has 0 radical (unpaired) electrons. The topological polar surface area (TPSA) is 83.8 Å². The monoisotopic (exact) mass is 406 g/mol. The average Bonchev–Trinajstić information content (AvgIpc) is 3.39. The molecule has 0 spiro atoms. The van der Waals surface area contributed by atoms with E-state index in [0.717, 1.165) is 22.0 Å². The zero-order chi connectivity index (χ0) is 20.9. The van der Waals surface area contributed by atoms with Crippen LogP contribution in [0.3, 0.4) is 0 Å². The molecule has 0 aliphatic carbocycles. The third kappa shape index (κ3) is 4.56. The van der Waals surface area contributed by atoms with E-state index in [1.54, 1.807) is 12.1 Å². The number of nitrogens with zero attached hydrogens (tertiary/aromatic N) is 2. The van der Waals surface area contributed by atoms with Crippen molar-refractivity contribution in [1.29, 1.82) is 0 Å². The summed E-state index contributed by atoms with van der Waals surface area (Å²) in [5.41, 5.74) is 3.03. The fraction of sp³-hybridized carbons (Fsp3) is 0.261. The summed E-state index contributed by atoms with van der Waals surface area (Å²) in [6.07, 6.45) is 3.81. The molecule has 2 N–H and O–H groups in total. The third-order valence-electron chi connectivity index (χ3n) is 5.11. The molecule has 1 atom stereocenters. The Hall–Kier alpha value is -3.48. The molecule has 4 aromatic rings. The number of hydrogen-bond donors (Lipinski definition) is 2. The Morgan fingerprint density at radius 2 is 1.90 bits per heavy atom. The number of aromatic amines is 1. The van der Waals surface area contributed by atoms with Crippen molar-refractivity contribution in [1.82, 2.24) is 20.5 Å². The van der Waals surface area contributed by atoms with E-state index in [-0.39, 0.29) is 24.2 Å². The number of carbonyl (C=O) groups is 1. The molecule has 1 amide bonds. The van der Waals surface area contributed by atoms with Gasteiger partial charge in [0.15, 0.2) is 0 Å². The Kier molecular flexibility index (Phi) is 5.88. The van der Waals surface area contributed by atoms with Crippen molar-refractivity contribution in [2.45, 2.75) is 38.6 Å². The van der Waals surface area contributed by atoms with Gasteiger partial charge in [0, 0.05) is 29.9 Å². The molecular weight excluding hydrogens is 383 g/mol. The lowest BCUT2D eigenvalue weighted by Crippen LogP contribution is -2.28. The van der Waals surface area contributed by atoms with Gasteiger partial charge < -0.3 is 14.7 Å². The van der Waals surface area contributed by atoms with Gasteiger partial charge in [0.25, 0.3) is 0 Å². The number of aryl methyl sites for hydroxylation is 1. The van der Waals surface area contributed by atoms with Crippen molar-refractivity contribution in [3.63, 3.8) is 0 Å². The summed E-state index contributed by atoms with van der Waals surface area (Å²) in [4.78, 5) is 15.6. The highest BCUT2D eigenvalue weighted by atomic mass is 19.1. The van der Waals surface area contributed by atoms with E-state index in [0.29, 0.717) is 31.0 Å². The lowest BCUT2D eigenvalue weighted by molar-refractivity contribution is -0.121. The molecule has 2 aromatic heterocycles. The molecule has 154 valence electrons. The summed E-state index contributed by atoms with van der Waals surface area (Å²) in [7, 11) is 0. The molecule has 6 nitrogen and oxygen atoms in total. The molecule has 0 saturated carbocycles. The van der Waals surface area contributed by atoms with Gasteiger partial charge in [-0.3, -0.25) is 4.79 Å². The van der Waals surface area contributed by atoms with Crippen molar-refractivity contribution in [3.8, 4) is 0 Å². The van der Waals surface area contributed by atoms with Gasteiger partial charge in [0.1, 0.15) is 5.82 Å². The summed E-state index contributed by atoms with van der Waals surface area (Å²) < 4.78 is 18.8. The van der Waals surface area contributed by atoms with Crippen LogP contribution in [0.2, 0.25) is 0 Å². The first-order chi connectivity index (χ1) is 14.6. The molecule has 30 heavy (non-hydrogen) atoms. The van der Waals surface area contributed by atoms with E-state index >= 15 is 0 Å². The van der Waals surface area contributed by atoms with E-state index < -0.39 is 0 Å². The van der Waals surface area contributed by atoms with Gasteiger partial charge >= 0.3 is 0 Å². The van der Waals surface area contributed by atoms with Crippen LogP contribution in [0.1, 0.15) is 48.7 Å². The van der Waals surface area contributed by atoms with Crippen molar-refractivity contribution < 1.29 is 13.6 Å². The second kappa shape index (κ2) is 8.90. The Morgan fingerprint density at radius 3 is 2.70 bits per heavy atom. The van der Waals surface area contributed by atoms with E-state index in [1.165, 1.54) is 12.1 Å².